The lowest BCUT2D eigenvalue weighted by Gasteiger charge is -2.42. The Morgan fingerprint density at radius 1 is 1.03 bits per heavy atom. The molecule has 2 aliphatic carbocycles. The summed E-state index contributed by atoms with van der Waals surface area (Å²) in [4.78, 5) is 25.7. The van der Waals surface area contributed by atoms with Crippen LogP contribution in [0, 0.1) is 35.5 Å². The van der Waals surface area contributed by atoms with Crippen molar-refractivity contribution in [3.05, 3.63) is 59.9 Å². The normalized spacial score (nSPS) is 42.3. The van der Waals surface area contributed by atoms with Gasteiger partial charge in [0.15, 0.2) is 5.78 Å². The number of hydrogen-bond donors (Lipinski definition) is 1. The van der Waals surface area contributed by atoms with Crippen LogP contribution in [0.2, 0.25) is 0 Å². The average molecular weight is 397 g/mol. The quantitative estimate of drug-likeness (QED) is 0.457. The van der Waals surface area contributed by atoms with Gasteiger partial charge in [0, 0.05) is 12.0 Å². The van der Waals surface area contributed by atoms with Crippen molar-refractivity contribution < 1.29 is 19.4 Å². The number of carbonyl (C=O) groups excluding carboxylic acids is 2. The Labute approximate surface area is 173 Å². The second-order valence-corrected chi connectivity index (χ2v) is 8.77. The molecule has 0 aromatic carbocycles. The van der Waals surface area contributed by atoms with Gasteiger partial charge < -0.3 is 9.84 Å². The number of esters is 1. The van der Waals surface area contributed by atoms with E-state index >= 15 is 0 Å². The number of ether oxygens (including phenoxy) is 1. The average Bonchev–Trinajstić information content (AvgIpc) is 2.68. The molecule has 0 spiro atoms. The molecule has 0 radical (unpaired) electrons. The summed E-state index contributed by atoms with van der Waals surface area (Å²) in [7, 11) is 0. The van der Waals surface area contributed by atoms with Crippen LogP contribution in [-0.2, 0) is 14.3 Å². The Balaban J connectivity index is 2.01. The van der Waals surface area contributed by atoms with Gasteiger partial charge in [0.1, 0.15) is 17.8 Å². The summed E-state index contributed by atoms with van der Waals surface area (Å²) in [6.07, 6.45) is 17.2. The zero-order valence-corrected chi connectivity index (χ0v) is 17.7. The smallest absolute Gasteiger partial charge is 0.316 e. The Morgan fingerprint density at radius 2 is 1.76 bits per heavy atom. The first kappa shape index (κ1) is 21.4. The third-order valence-corrected chi connectivity index (χ3v) is 6.54. The first-order chi connectivity index (χ1) is 13.8. The maximum absolute atomic E-state index is 13.3. The molecule has 1 heterocycles. The molecule has 3 rings (SSSR count). The summed E-state index contributed by atoms with van der Waals surface area (Å²) in [6.45, 7) is 7.61. The molecule has 0 fully saturated rings. The Bertz CT molecular complexity index is 798. The molecular weight excluding hydrogens is 364 g/mol. The number of rotatable bonds is 0. The van der Waals surface area contributed by atoms with Gasteiger partial charge in [-0.15, -0.1) is 0 Å². The van der Waals surface area contributed by atoms with E-state index in [1.54, 1.807) is 13.8 Å². The molecular formula is C25H32O4. The predicted molar refractivity (Wildman–Crippen MR) is 114 cm³/mol. The van der Waals surface area contributed by atoms with E-state index in [-0.39, 0.29) is 35.2 Å². The lowest BCUT2D eigenvalue weighted by molar-refractivity contribution is -0.150. The molecule has 4 heteroatoms. The number of aliphatic hydroxyl groups is 1. The van der Waals surface area contributed by atoms with Gasteiger partial charge in [0.05, 0.1) is 0 Å². The number of allylic oxidation sites excluding steroid dienone is 8. The summed E-state index contributed by atoms with van der Waals surface area (Å²) in [5.41, 5.74) is 1.37. The Morgan fingerprint density at radius 3 is 2.52 bits per heavy atom. The van der Waals surface area contributed by atoms with Gasteiger partial charge in [-0.05, 0) is 63.4 Å². The number of hydrogen-bond acceptors (Lipinski definition) is 4. The van der Waals surface area contributed by atoms with Crippen LogP contribution >= 0.6 is 0 Å². The number of carbonyl (C=O) groups is 2. The van der Waals surface area contributed by atoms with E-state index < -0.39 is 18.0 Å². The van der Waals surface area contributed by atoms with E-state index in [0.717, 1.165) is 12.8 Å². The highest BCUT2D eigenvalue weighted by molar-refractivity contribution is 5.94. The molecule has 7 atom stereocenters. The molecule has 0 aromatic rings. The monoisotopic (exact) mass is 396 g/mol. The largest absolute Gasteiger partial charge is 0.511 e. The minimum absolute atomic E-state index is 0.0619. The number of aliphatic hydroxyl groups excluding tert-OH is 1. The molecule has 0 saturated carbocycles. The van der Waals surface area contributed by atoms with Crippen molar-refractivity contribution in [1.82, 2.24) is 0 Å². The highest BCUT2D eigenvalue weighted by Gasteiger charge is 2.42. The fraction of sp³-hybridized carbons (Fsp3) is 0.520. The van der Waals surface area contributed by atoms with Crippen LogP contribution in [0.4, 0.5) is 0 Å². The molecule has 29 heavy (non-hydrogen) atoms. The Hall–Kier alpha value is -2.36. The van der Waals surface area contributed by atoms with Crippen LogP contribution < -0.4 is 0 Å². The summed E-state index contributed by atoms with van der Waals surface area (Å²) in [6, 6.07) is 0. The zero-order chi connectivity index (χ0) is 21.1. The molecule has 0 amide bonds. The highest BCUT2D eigenvalue weighted by atomic mass is 16.5. The molecule has 0 bridgehead atoms. The molecule has 0 saturated heterocycles. The van der Waals surface area contributed by atoms with Crippen molar-refractivity contribution in [2.75, 3.05) is 0 Å². The lowest BCUT2D eigenvalue weighted by atomic mass is 9.61. The van der Waals surface area contributed by atoms with E-state index in [9.17, 15) is 14.7 Å². The van der Waals surface area contributed by atoms with E-state index in [1.165, 1.54) is 11.6 Å². The molecule has 0 aromatic heterocycles. The van der Waals surface area contributed by atoms with Crippen molar-refractivity contribution in [1.29, 1.82) is 0 Å². The van der Waals surface area contributed by atoms with Gasteiger partial charge in [0.25, 0.3) is 0 Å². The predicted octanol–water partition coefficient (Wildman–Crippen LogP) is 5.10. The third kappa shape index (κ3) is 4.80. The van der Waals surface area contributed by atoms with Gasteiger partial charge >= 0.3 is 5.97 Å². The zero-order valence-electron chi connectivity index (χ0n) is 17.7. The first-order valence-electron chi connectivity index (χ1n) is 10.6. The van der Waals surface area contributed by atoms with Crippen LogP contribution in [-0.4, -0.2) is 23.0 Å². The van der Waals surface area contributed by atoms with Crippen LogP contribution in [0.1, 0.15) is 40.5 Å². The number of fused-ring (bicyclic) bond motifs is 3. The number of ketones is 1. The van der Waals surface area contributed by atoms with Crippen molar-refractivity contribution in [3.63, 3.8) is 0 Å². The highest BCUT2D eigenvalue weighted by Crippen LogP contribution is 2.45. The van der Waals surface area contributed by atoms with Crippen LogP contribution in [0.3, 0.4) is 0 Å². The van der Waals surface area contributed by atoms with Gasteiger partial charge in [-0.25, -0.2) is 0 Å². The van der Waals surface area contributed by atoms with Gasteiger partial charge in [-0.1, -0.05) is 49.0 Å². The lowest BCUT2D eigenvalue weighted by Crippen LogP contribution is -2.40. The van der Waals surface area contributed by atoms with Crippen LogP contribution in [0.15, 0.2) is 59.9 Å². The topological polar surface area (TPSA) is 63.6 Å². The van der Waals surface area contributed by atoms with Crippen LogP contribution in [0.25, 0.3) is 0 Å². The molecule has 1 aliphatic heterocycles. The minimum atomic E-state index is -0.868. The van der Waals surface area contributed by atoms with E-state index in [4.69, 9.17) is 4.74 Å². The van der Waals surface area contributed by atoms with Gasteiger partial charge in [0.2, 0.25) is 0 Å². The van der Waals surface area contributed by atoms with Crippen molar-refractivity contribution in [3.8, 4) is 0 Å². The molecule has 1 N–H and O–H groups in total. The van der Waals surface area contributed by atoms with Crippen molar-refractivity contribution in [2.45, 2.75) is 46.6 Å². The second kappa shape index (κ2) is 8.98. The summed E-state index contributed by atoms with van der Waals surface area (Å²) in [5, 5.41) is 10.5. The summed E-state index contributed by atoms with van der Waals surface area (Å²) >= 11 is 0. The fourth-order valence-electron chi connectivity index (χ4n) is 4.72. The van der Waals surface area contributed by atoms with Crippen LogP contribution in [0.5, 0.6) is 0 Å². The standard InChI is InChI=1S/C25H32O4/c1-15-9-11-21-19(13-15)10-12-20-16(2)7-5-6-8-17(3)29-25(28)18(4)22(26)14-23(27)24(20)21/h5-10,12,14,16-21,24,26H,11,13H2,1-4H3/b7-5-,8-6+,22-14-/t16-,17+,18+,19-,20+,21-,24-/m0/s1. The molecule has 4 nitrogen and oxygen atoms in total. The van der Waals surface area contributed by atoms with Crippen molar-refractivity contribution >= 4 is 11.8 Å². The fourth-order valence-corrected chi connectivity index (χ4v) is 4.72. The number of cyclic esters (lactones) is 1. The van der Waals surface area contributed by atoms with E-state index in [1.807, 2.05) is 18.2 Å². The summed E-state index contributed by atoms with van der Waals surface area (Å²) in [5.74, 6) is -1.14. The minimum Gasteiger partial charge on any atom is -0.511 e. The SMILES string of the molecule is CC1=CC[C@@H]2[C@H]3C(=O)/C=C(\O)[C@@H](C)C(=O)O[C@H](C)/C=C/C=C\[C@H](C)[C@H]3C=C[C@H]2C1. The second-order valence-electron chi connectivity index (χ2n) is 8.77. The molecule has 3 aliphatic rings. The third-order valence-electron chi connectivity index (χ3n) is 6.54. The van der Waals surface area contributed by atoms with Crippen molar-refractivity contribution in [2.24, 2.45) is 35.5 Å². The van der Waals surface area contributed by atoms with Gasteiger partial charge in [-0.2, -0.15) is 0 Å². The maximum Gasteiger partial charge on any atom is 0.316 e. The van der Waals surface area contributed by atoms with E-state index in [2.05, 4.69) is 38.2 Å². The first-order valence-corrected chi connectivity index (χ1v) is 10.6. The van der Waals surface area contributed by atoms with Gasteiger partial charge in [-0.3, -0.25) is 9.59 Å². The summed E-state index contributed by atoms with van der Waals surface area (Å²) < 4.78 is 5.35. The maximum atomic E-state index is 13.3. The Kier molecular flexibility index (Phi) is 6.61. The molecule has 0 unspecified atom stereocenters. The van der Waals surface area contributed by atoms with E-state index in [0.29, 0.717) is 5.92 Å². The molecule has 156 valence electrons.